The van der Waals surface area contributed by atoms with Gasteiger partial charge in [0.05, 0.1) is 5.38 Å². The lowest BCUT2D eigenvalue weighted by molar-refractivity contribution is 0.406. The van der Waals surface area contributed by atoms with Gasteiger partial charge in [0, 0.05) is 0 Å². The predicted octanol–water partition coefficient (Wildman–Crippen LogP) is 5.21. The molecule has 1 aromatic rings. The van der Waals surface area contributed by atoms with Crippen LogP contribution in [0.4, 0.5) is 0 Å². The summed E-state index contributed by atoms with van der Waals surface area (Å²) in [6, 6.07) is 8.78. The Balaban J connectivity index is 2.73. The first-order valence-electron chi connectivity index (χ1n) is 6.29. The smallest absolute Gasteiger partial charge is 0.0613 e. The molecule has 0 radical (unpaired) electrons. The molecule has 0 fully saturated rings. The zero-order chi connectivity index (χ0) is 12.1. The maximum Gasteiger partial charge on any atom is 0.0613 e. The quantitative estimate of drug-likeness (QED) is 0.618. The van der Waals surface area contributed by atoms with Gasteiger partial charge in [0.1, 0.15) is 0 Å². The van der Waals surface area contributed by atoms with Gasteiger partial charge in [-0.05, 0) is 29.4 Å². The van der Waals surface area contributed by atoms with Crippen LogP contribution in [0.3, 0.4) is 0 Å². The number of hydrogen-bond donors (Lipinski definition) is 0. The van der Waals surface area contributed by atoms with Crippen molar-refractivity contribution in [2.24, 2.45) is 11.8 Å². The van der Waals surface area contributed by atoms with Gasteiger partial charge in [-0.15, -0.1) is 11.6 Å². The molecule has 0 aliphatic heterocycles. The molecule has 16 heavy (non-hydrogen) atoms. The third-order valence-corrected chi connectivity index (χ3v) is 4.00. The largest absolute Gasteiger partial charge is 0.118 e. The third kappa shape index (κ3) is 3.52. The standard InChI is InChI=1S/C15H23Cl/c1-5-6-13-7-9-14(10-8-13)15(16)12(4)11(2)3/h7-12,15H,5-6H2,1-4H3. The summed E-state index contributed by atoms with van der Waals surface area (Å²) in [6.07, 6.45) is 2.36. The first-order chi connectivity index (χ1) is 7.56. The summed E-state index contributed by atoms with van der Waals surface area (Å²) in [7, 11) is 0. The molecule has 0 spiro atoms. The van der Waals surface area contributed by atoms with E-state index in [1.165, 1.54) is 17.5 Å². The molecular weight excluding hydrogens is 216 g/mol. The van der Waals surface area contributed by atoms with E-state index in [1.807, 2.05) is 0 Å². The molecule has 1 aromatic carbocycles. The normalized spacial score (nSPS) is 15.1. The first kappa shape index (κ1) is 13.6. The van der Waals surface area contributed by atoms with Crippen LogP contribution < -0.4 is 0 Å². The van der Waals surface area contributed by atoms with Gasteiger partial charge in [-0.3, -0.25) is 0 Å². The second-order valence-electron chi connectivity index (χ2n) is 5.00. The summed E-state index contributed by atoms with van der Waals surface area (Å²) in [4.78, 5) is 0. The molecule has 0 saturated heterocycles. The minimum absolute atomic E-state index is 0.135. The van der Waals surface area contributed by atoms with Gasteiger partial charge < -0.3 is 0 Å². The Hall–Kier alpha value is -0.490. The highest BCUT2D eigenvalue weighted by atomic mass is 35.5. The molecule has 0 nitrogen and oxygen atoms in total. The van der Waals surface area contributed by atoms with E-state index in [0.717, 1.165) is 6.42 Å². The van der Waals surface area contributed by atoms with Crippen molar-refractivity contribution in [1.82, 2.24) is 0 Å². The molecule has 0 N–H and O–H groups in total. The number of rotatable bonds is 5. The summed E-state index contributed by atoms with van der Waals surface area (Å²) in [5.74, 6) is 1.14. The number of halogens is 1. The molecule has 0 saturated carbocycles. The number of hydrogen-bond acceptors (Lipinski definition) is 0. The average Bonchev–Trinajstić information content (AvgIpc) is 2.28. The van der Waals surface area contributed by atoms with Gasteiger partial charge in [-0.2, -0.15) is 0 Å². The second-order valence-corrected chi connectivity index (χ2v) is 5.47. The molecule has 1 rings (SSSR count). The van der Waals surface area contributed by atoms with Gasteiger partial charge >= 0.3 is 0 Å². The Kier molecular flexibility index (Phi) is 5.34. The maximum atomic E-state index is 6.48. The molecule has 1 heteroatoms. The Bertz CT molecular complexity index is 300. The lowest BCUT2D eigenvalue weighted by atomic mass is 9.90. The Labute approximate surface area is 105 Å². The molecule has 0 bridgehead atoms. The van der Waals surface area contributed by atoms with Crippen LogP contribution in [0.1, 0.15) is 50.6 Å². The Morgan fingerprint density at radius 3 is 2.06 bits per heavy atom. The molecule has 0 aliphatic rings. The molecule has 0 heterocycles. The van der Waals surface area contributed by atoms with Crippen molar-refractivity contribution >= 4 is 11.6 Å². The summed E-state index contributed by atoms with van der Waals surface area (Å²) in [6.45, 7) is 8.89. The zero-order valence-corrected chi connectivity index (χ0v) is 11.6. The molecule has 0 amide bonds. The van der Waals surface area contributed by atoms with Gasteiger partial charge in [0.2, 0.25) is 0 Å². The SMILES string of the molecule is CCCc1ccc(C(Cl)C(C)C(C)C)cc1. The molecule has 0 aliphatic carbocycles. The molecule has 2 unspecified atom stereocenters. The summed E-state index contributed by atoms with van der Waals surface area (Å²) >= 11 is 6.48. The van der Waals surface area contributed by atoms with E-state index in [-0.39, 0.29) is 5.38 Å². The van der Waals surface area contributed by atoms with Crippen LogP contribution in [-0.4, -0.2) is 0 Å². The summed E-state index contributed by atoms with van der Waals surface area (Å²) in [5.41, 5.74) is 2.66. The van der Waals surface area contributed by atoms with E-state index >= 15 is 0 Å². The van der Waals surface area contributed by atoms with Crippen LogP contribution in [0, 0.1) is 11.8 Å². The summed E-state index contributed by atoms with van der Waals surface area (Å²) < 4.78 is 0. The van der Waals surface area contributed by atoms with Crippen molar-refractivity contribution in [3.05, 3.63) is 35.4 Å². The zero-order valence-electron chi connectivity index (χ0n) is 10.8. The highest BCUT2D eigenvalue weighted by Gasteiger charge is 2.19. The van der Waals surface area contributed by atoms with Gasteiger partial charge in [0.15, 0.2) is 0 Å². The maximum absolute atomic E-state index is 6.48. The lowest BCUT2D eigenvalue weighted by Gasteiger charge is -2.22. The van der Waals surface area contributed by atoms with Crippen LogP contribution >= 0.6 is 11.6 Å². The fourth-order valence-electron chi connectivity index (χ4n) is 1.80. The van der Waals surface area contributed by atoms with Gasteiger partial charge in [0.25, 0.3) is 0 Å². The Morgan fingerprint density at radius 2 is 1.62 bits per heavy atom. The highest BCUT2D eigenvalue weighted by Crippen LogP contribution is 2.33. The van der Waals surface area contributed by atoms with Crippen LogP contribution in [0.5, 0.6) is 0 Å². The van der Waals surface area contributed by atoms with E-state index in [2.05, 4.69) is 52.0 Å². The number of benzene rings is 1. The minimum atomic E-state index is 0.135. The topological polar surface area (TPSA) is 0 Å². The molecule has 90 valence electrons. The highest BCUT2D eigenvalue weighted by molar-refractivity contribution is 6.21. The van der Waals surface area contributed by atoms with Crippen molar-refractivity contribution in [3.8, 4) is 0 Å². The third-order valence-electron chi connectivity index (χ3n) is 3.35. The average molecular weight is 239 g/mol. The fourth-order valence-corrected chi connectivity index (χ4v) is 2.23. The predicted molar refractivity (Wildman–Crippen MR) is 73.0 cm³/mol. The van der Waals surface area contributed by atoms with Gasteiger partial charge in [-0.25, -0.2) is 0 Å². The van der Waals surface area contributed by atoms with Crippen molar-refractivity contribution in [2.75, 3.05) is 0 Å². The van der Waals surface area contributed by atoms with Crippen LogP contribution in [0.25, 0.3) is 0 Å². The van der Waals surface area contributed by atoms with Gasteiger partial charge in [-0.1, -0.05) is 58.4 Å². The van der Waals surface area contributed by atoms with Crippen LogP contribution in [-0.2, 0) is 6.42 Å². The van der Waals surface area contributed by atoms with E-state index in [9.17, 15) is 0 Å². The summed E-state index contributed by atoms with van der Waals surface area (Å²) in [5, 5.41) is 0.135. The Morgan fingerprint density at radius 1 is 1.06 bits per heavy atom. The minimum Gasteiger partial charge on any atom is -0.118 e. The van der Waals surface area contributed by atoms with Crippen molar-refractivity contribution in [1.29, 1.82) is 0 Å². The first-order valence-corrected chi connectivity index (χ1v) is 6.72. The lowest BCUT2D eigenvalue weighted by Crippen LogP contribution is -2.10. The monoisotopic (exact) mass is 238 g/mol. The molecule has 0 aromatic heterocycles. The van der Waals surface area contributed by atoms with Crippen molar-refractivity contribution in [3.63, 3.8) is 0 Å². The number of alkyl halides is 1. The molecular formula is C15H23Cl. The van der Waals surface area contributed by atoms with E-state index in [4.69, 9.17) is 11.6 Å². The fraction of sp³-hybridized carbons (Fsp3) is 0.600. The number of aryl methyl sites for hydroxylation is 1. The molecule has 2 atom stereocenters. The van der Waals surface area contributed by atoms with Crippen molar-refractivity contribution in [2.45, 2.75) is 45.9 Å². The second kappa shape index (κ2) is 6.30. The van der Waals surface area contributed by atoms with E-state index in [0.29, 0.717) is 11.8 Å². The van der Waals surface area contributed by atoms with E-state index < -0.39 is 0 Å². The van der Waals surface area contributed by atoms with E-state index in [1.54, 1.807) is 0 Å². The van der Waals surface area contributed by atoms with Crippen molar-refractivity contribution < 1.29 is 0 Å². The van der Waals surface area contributed by atoms with Crippen LogP contribution in [0.2, 0.25) is 0 Å². The van der Waals surface area contributed by atoms with Crippen LogP contribution in [0.15, 0.2) is 24.3 Å².